The average molecular weight is 196 g/mol. The zero-order valence-electron chi connectivity index (χ0n) is 7.05. The van der Waals surface area contributed by atoms with Crippen LogP contribution in [0.15, 0.2) is 17.7 Å². The molecule has 1 aromatic carbocycles. The van der Waals surface area contributed by atoms with E-state index in [4.69, 9.17) is 5.11 Å². The zero-order valence-corrected chi connectivity index (χ0v) is 7.05. The quantitative estimate of drug-likeness (QED) is 0.745. The Labute approximate surface area is 78.5 Å². The number of fused-ring (bicyclic) bond motifs is 1. The van der Waals surface area contributed by atoms with E-state index in [9.17, 15) is 13.6 Å². The summed E-state index contributed by atoms with van der Waals surface area (Å²) in [5.41, 5.74) is 1.12. The Morgan fingerprint density at radius 1 is 1.29 bits per heavy atom. The van der Waals surface area contributed by atoms with Gasteiger partial charge in [-0.2, -0.15) is 0 Å². The third-order valence-electron chi connectivity index (χ3n) is 2.17. The number of carboxylic acid groups (broad SMARTS) is 1. The molecule has 0 unspecified atom stereocenters. The molecule has 72 valence electrons. The van der Waals surface area contributed by atoms with E-state index in [1.807, 2.05) is 0 Å². The Bertz CT molecular complexity index is 450. The van der Waals surface area contributed by atoms with E-state index in [1.165, 1.54) is 6.08 Å². The molecule has 1 aromatic rings. The fraction of sp³-hybridized carbons (Fsp3) is 0.100. The van der Waals surface area contributed by atoms with Crippen LogP contribution in [-0.2, 0) is 11.2 Å². The van der Waals surface area contributed by atoms with Crippen molar-refractivity contribution in [2.24, 2.45) is 0 Å². The Kier molecular flexibility index (Phi) is 1.84. The first-order chi connectivity index (χ1) is 6.58. The van der Waals surface area contributed by atoms with Gasteiger partial charge in [-0.1, -0.05) is 0 Å². The maximum Gasteiger partial charge on any atom is 0.331 e. The Hall–Kier alpha value is -1.71. The molecule has 0 aliphatic heterocycles. The summed E-state index contributed by atoms with van der Waals surface area (Å²) in [6.07, 6.45) is 1.52. The van der Waals surface area contributed by atoms with Crippen LogP contribution in [0.4, 0.5) is 8.78 Å². The van der Waals surface area contributed by atoms with Gasteiger partial charge in [0.1, 0.15) is 0 Å². The SMILES string of the molecule is O=C(O)C1=Cc2cc(F)c(F)cc2C1. The van der Waals surface area contributed by atoms with Gasteiger partial charge in [0.2, 0.25) is 0 Å². The van der Waals surface area contributed by atoms with Crippen LogP contribution in [0, 0.1) is 11.6 Å². The highest BCUT2D eigenvalue weighted by Crippen LogP contribution is 2.26. The molecule has 4 heteroatoms. The minimum absolute atomic E-state index is 0.155. The number of carboxylic acids is 1. The van der Waals surface area contributed by atoms with Crippen molar-refractivity contribution in [3.05, 3.63) is 40.5 Å². The van der Waals surface area contributed by atoms with Gasteiger partial charge in [0.05, 0.1) is 0 Å². The smallest absolute Gasteiger partial charge is 0.331 e. The van der Waals surface area contributed by atoms with Crippen molar-refractivity contribution in [3.8, 4) is 0 Å². The molecule has 0 saturated heterocycles. The summed E-state index contributed by atoms with van der Waals surface area (Å²) < 4.78 is 25.5. The zero-order chi connectivity index (χ0) is 10.3. The van der Waals surface area contributed by atoms with Gasteiger partial charge < -0.3 is 5.11 Å². The third kappa shape index (κ3) is 1.28. The second kappa shape index (κ2) is 2.90. The van der Waals surface area contributed by atoms with Gasteiger partial charge in [-0.25, -0.2) is 13.6 Å². The highest BCUT2D eigenvalue weighted by molar-refractivity contribution is 5.95. The van der Waals surface area contributed by atoms with Crippen LogP contribution in [0.2, 0.25) is 0 Å². The number of rotatable bonds is 1. The minimum Gasteiger partial charge on any atom is -0.478 e. The molecular weight excluding hydrogens is 190 g/mol. The largest absolute Gasteiger partial charge is 0.478 e. The molecule has 0 heterocycles. The first-order valence-electron chi connectivity index (χ1n) is 3.99. The van der Waals surface area contributed by atoms with E-state index in [1.54, 1.807) is 0 Å². The summed E-state index contributed by atoms with van der Waals surface area (Å²) in [6, 6.07) is 2.05. The van der Waals surface area contributed by atoms with Gasteiger partial charge in [-0.3, -0.25) is 0 Å². The number of halogens is 2. The first-order valence-corrected chi connectivity index (χ1v) is 3.99. The second-order valence-corrected chi connectivity index (χ2v) is 3.12. The van der Waals surface area contributed by atoms with Crippen molar-refractivity contribution in [2.45, 2.75) is 6.42 Å². The third-order valence-corrected chi connectivity index (χ3v) is 2.17. The maximum atomic E-state index is 12.8. The number of hydrogen-bond donors (Lipinski definition) is 1. The van der Waals surface area contributed by atoms with E-state index in [-0.39, 0.29) is 12.0 Å². The van der Waals surface area contributed by atoms with Crippen LogP contribution >= 0.6 is 0 Å². The Morgan fingerprint density at radius 2 is 1.93 bits per heavy atom. The molecule has 1 aliphatic rings. The van der Waals surface area contributed by atoms with Crippen molar-refractivity contribution in [1.29, 1.82) is 0 Å². The van der Waals surface area contributed by atoms with E-state index in [0.29, 0.717) is 11.1 Å². The molecule has 0 amide bonds. The molecule has 0 saturated carbocycles. The fourth-order valence-corrected chi connectivity index (χ4v) is 1.47. The molecule has 14 heavy (non-hydrogen) atoms. The summed E-state index contributed by atoms with van der Waals surface area (Å²) in [4.78, 5) is 10.6. The standard InChI is InChI=1S/C10H6F2O2/c11-8-3-5-1-7(10(13)14)2-6(5)4-9(8)12/h1,3-4H,2H2,(H,13,14). The molecule has 1 N–H and O–H groups in total. The summed E-state index contributed by atoms with van der Waals surface area (Å²) >= 11 is 0. The van der Waals surface area contributed by atoms with Crippen LogP contribution in [0.3, 0.4) is 0 Å². The Morgan fingerprint density at radius 3 is 2.57 bits per heavy atom. The monoisotopic (exact) mass is 196 g/mol. The van der Waals surface area contributed by atoms with Gasteiger partial charge >= 0.3 is 5.97 Å². The summed E-state index contributed by atoms with van der Waals surface area (Å²) in [6.45, 7) is 0. The second-order valence-electron chi connectivity index (χ2n) is 3.12. The summed E-state index contributed by atoms with van der Waals surface area (Å²) in [7, 11) is 0. The number of aliphatic carboxylic acids is 1. The van der Waals surface area contributed by atoms with E-state index < -0.39 is 17.6 Å². The first kappa shape index (κ1) is 8.87. The van der Waals surface area contributed by atoms with Crippen molar-refractivity contribution in [1.82, 2.24) is 0 Å². The average Bonchev–Trinajstić information content (AvgIpc) is 2.48. The molecule has 0 aromatic heterocycles. The van der Waals surface area contributed by atoms with Gasteiger partial charge in [0.25, 0.3) is 0 Å². The lowest BCUT2D eigenvalue weighted by Crippen LogP contribution is -1.99. The topological polar surface area (TPSA) is 37.3 Å². The normalized spacial score (nSPS) is 13.7. The lowest BCUT2D eigenvalue weighted by Gasteiger charge is -1.98. The lowest BCUT2D eigenvalue weighted by molar-refractivity contribution is -0.132. The molecule has 2 rings (SSSR count). The summed E-state index contributed by atoms with van der Waals surface area (Å²) in [5.74, 6) is -2.95. The molecule has 0 atom stereocenters. The number of carbonyl (C=O) groups is 1. The van der Waals surface area contributed by atoms with Gasteiger partial charge in [0, 0.05) is 12.0 Å². The lowest BCUT2D eigenvalue weighted by atomic mass is 10.1. The van der Waals surface area contributed by atoms with Gasteiger partial charge in [-0.05, 0) is 29.3 Å². The van der Waals surface area contributed by atoms with Gasteiger partial charge in [-0.15, -0.1) is 0 Å². The molecule has 2 nitrogen and oxygen atoms in total. The molecular formula is C10H6F2O2. The van der Waals surface area contributed by atoms with Crippen LogP contribution in [-0.4, -0.2) is 11.1 Å². The van der Waals surface area contributed by atoms with Crippen molar-refractivity contribution < 1.29 is 18.7 Å². The highest BCUT2D eigenvalue weighted by Gasteiger charge is 2.19. The number of benzene rings is 1. The van der Waals surface area contributed by atoms with Crippen molar-refractivity contribution >= 4 is 12.0 Å². The molecule has 0 fully saturated rings. The predicted molar refractivity (Wildman–Crippen MR) is 45.7 cm³/mol. The van der Waals surface area contributed by atoms with E-state index in [2.05, 4.69) is 0 Å². The molecule has 1 aliphatic carbocycles. The minimum atomic E-state index is -1.05. The van der Waals surface area contributed by atoms with Crippen molar-refractivity contribution in [3.63, 3.8) is 0 Å². The molecule has 0 bridgehead atoms. The van der Waals surface area contributed by atoms with Crippen LogP contribution in [0.25, 0.3) is 6.08 Å². The Balaban J connectivity index is 2.47. The number of hydrogen-bond acceptors (Lipinski definition) is 1. The summed E-state index contributed by atoms with van der Waals surface area (Å²) in [5, 5.41) is 8.67. The van der Waals surface area contributed by atoms with Crippen LogP contribution in [0.5, 0.6) is 0 Å². The molecule has 0 radical (unpaired) electrons. The van der Waals surface area contributed by atoms with Crippen LogP contribution < -0.4 is 0 Å². The highest BCUT2D eigenvalue weighted by atomic mass is 19.2. The fourth-order valence-electron chi connectivity index (χ4n) is 1.47. The maximum absolute atomic E-state index is 12.8. The van der Waals surface area contributed by atoms with E-state index >= 15 is 0 Å². The predicted octanol–water partition coefficient (Wildman–Crippen LogP) is 1.99. The molecule has 0 spiro atoms. The van der Waals surface area contributed by atoms with Gasteiger partial charge in [0.15, 0.2) is 11.6 Å². The van der Waals surface area contributed by atoms with Crippen LogP contribution in [0.1, 0.15) is 11.1 Å². The van der Waals surface area contributed by atoms with E-state index in [0.717, 1.165) is 12.1 Å². The van der Waals surface area contributed by atoms with Crippen molar-refractivity contribution in [2.75, 3.05) is 0 Å².